The Balaban J connectivity index is 2.46. The number of rotatable bonds is 4. The van der Waals surface area contributed by atoms with Crippen molar-refractivity contribution in [1.29, 1.82) is 0 Å². The topological polar surface area (TPSA) is 32.8 Å². The first-order valence-electron chi connectivity index (χ1n) is 5.00. The lowest BCUT2D eigenvalue weighted by molar-refractivity contribution is -0.145. The Morgan fingerprint density at radius 2 is 2.14 bits per heavy atom. The normalized spacial score (nSPS) is 20.4. The van der Waals surface area contributed by atoms with E-state index in [1.54, 1.807) is 0 Å². The summed E-state index contributed by atoms with van der Waals surface area (Å²) in [5.41, 5.74) is 0. The number of carbonyl (C=O) groups is 1. The lowest BCUT2D eigenvalue weighted by atomic mass is 10.3. The van der Waals surface area contributed by atoms with E-state index in [0.29, 0.717) is 13.0 Å². The van der Waals surface area contributed by atoms with Gasteiger partial charge in [0.1, 0.15) is 6.17 Å². The predicted octanol–water partition coefficient (Wildman–Crippen LogP) is 1.00. The van der Waals surface area contributed by atoms with Crippen LogP contribution in [-0.4, -0.2) is 42.1 Å². The van der Waals surface area contributed by atoms with Crippen molar-refractivity contribution in [3.63, 3.8) is 0 Å². The molecule has 0 aromatic rings. The maximum Gasteiger partial charge on any atom is 0.309 e. The van der Waals surface area contributed by atoms with Crippen LogP contribution in [0.3, 0.4) is 0 Å². The molecule has 14 heavy (non-hydrogen) atoms. The first-order chi connectivity index (χ1) is 6.69. The zero-order chi connectivity index (χ0) is 10.6. The lowest BCUT2D eigenvalue weighted by Crippen LogP contribution is -2.38. The van der Waals surface area contributed by atoms with Crippen LogP contribution in [0.1, 0.15) is 20.3 Å². The number of carbonyl (C=O) groups excluding carboxylic acids is 1. The summed E-state index contributed by atoms with van der Waals surface area (Å²) in [5.74, 6) is -0.133. The van der Waals surface area contributed by atoms with Gasteiger partial charge in [-0.15, -0.1) is 0 Å². The Labute approximate surface area is 85.1 Å². The first-order valence-corrected chi connectivity index (χ1v) is 5.00. The SMILES string of the molecule is CCOC(=O)CC1N(C)C=CN1CC. The number of hydrogen-bond donors (Lipinski definition) is 0. The Hall–Kier alpha value is -1.19. The molecule has 0 aromatic heterocycles. The smallest absolute Gasteiger partial charge is 0.309 e. The van der Waals surface area contributed by atoms with E-state index in [-0.39, 0.29) is 12.1 Å². The van der Waals surface area contributed by atoms with Crippen molar-refractivity contribution in [3.05, 3.63) is 12.4 Å². The van der Waals surface area contributed by atoms with Crippen molar-refractivity contribution in [2.45, 2.75) is 26.4 Å². The van der Waals surface area contributed by atoms with Gasteiger partial charge in [0.2, 0.25) is 0 Å². The van der Waals surface area contributed by atoms with Gasteiger partial charge in [-0.3, -0.25) is 4.79 Å². The summed E-state index contributed by atoms with van der Waals surface area (Å²) in [4.78, 5) is 15.5. The van der Waals surface area contributed by atoms with Crippen LogP contribution in [0, 0.1) is 0 Å². The third-order valence-electron chi connectivity index (χ3n) is 2.37. The molecular weight excluding hydrogens is 180 g/mol. The van der Waals surface area contributed by atoms with Gasteiger partial charge in [0.15, 0.2) is 0 Å². The molecule has 0 radical (unpaired) electrons. The number of hydrogen-bond acceptors (Lipinski definition) is 4. The summed E-state index contributed by atoms with van der Waals surface area (Å²) in [7, 11) is 1.97. The van der Waals surface area contributed by atoms with Crippen molar-refractivity contribution < 1.29 is 9.53 Å². The summed E-state index contributed by atoms with van der Waals surface area (Å²) in [6.45, 7) is 5.26. The molecule has 4 nitrogen and oxygen atoms in total. The van der Waals surface area contributed by atoms with E-state index < -0.39 is 0 Å². The van der Waals surface area contributed by atoms with Crippen molar-refractivity contribution in [2.75, 3.05) is 20.2 Å². The summed E-state index contributed by atoms with van der Waals surface area (Å²) >= 11 is 0. The van der Waals surface area contributed by atoms with Crippen LogP contribution >= 0.6 is 0 Å². The van der Waals surface area contributed by atoms with Gasteiger partial charge in [0.05, 0.1) is 13.0 Å². The molecule has 0 saturated heterocycles. The highest BCUT2D eigenvalue weighted by Gasteiger charge is 2.25. The second-order valence-corrected chi connectivity index (χ2v) is 3.28. The lowest BCUT2D eigenvalue weighted by Gasteiger charge is -2.28. The molecule has 1 rings (SSSR count). The van der Waals surface area contributed by atoms with Gasteiger partial charge in [-0.1, -0.05) is 0 Å². The fourth-order valence-corrected chi connectivity index (χ4v) is 1.57. The molecule has 0 spiro atoms. The van der Waals surface area contributed by atoms with Crippen molar-refractivity contribution in [3.8, 4) is 0 Å². The molecular formula is C10H18N2O2. The third kappa shape index (κ3) is 2.40. The third-order valence-corrected chi connectivity index (χ3v) is 2.37. The van der Waals surface area contributed by atoms with Gasteiger partial charge in [-0.05, 0) is 13.8 Å². The standard InChI is InChI=1S/C10H18N2O2/c1-4-12-7-6-11(3)9(12)8-10(13)14-5-2/h6-7,9H,4-5,8H2,1-3H3. The highest BCUT2D eigenvalue weighted by atomic mass is 16.5. The van der Waals surface area contributed by atoms with E-state index in [1.807, 2.05) is 31.3 Å². The minimum absolute atomic E-state index is 0.124. The van der Waals surface area contributed by atoms with Gasteiger partial charge >= 0.3 is 5.97 Å². The molecule has 4 heteroatoms. The van der Waals surface area contributed by atoms with Crippen molar-refractivity contribution in [2.24, 2.45) is 0 Å². The molecule has 1 unspecified atom stereocenters. The highest BCUT2D eigenvalue weighted by Crippen LogP contribution is 2.16. The van der Waals surface area contributed by atoms with Gasteiger partial charge in [0.25, 0.3) is 0 Å². The first kappa shape index (κ1) is 10.9. The van der Waals surface area contributed by atoms with E-state index in [2.05, 4.69) is 11.8 Å². The van der Waals surface area contributed by atoms with Crippen LogP contribution in [0.25, 0.3) is 0 Å². The van der Waals surface area contributed by atoms with Gasteiger partial charge < -0.3 is 14.5 Å². The largest absolute Gasteiger partial charge is 0.466 e. The van der Waals surface area contributed by atoms with Crippen LogP contribution in [0.5, 0.6) is 0 Å². The molecule has 0 aromatic carbocycles. The average Bonchev–Trinajstić information content (AvgIpc) is 2.48. The monoisotopic (exact) mass is 198 g/mol. The number of nitrogens with zero attached hydrogens (tertiary/aromatic N) is 2. The van der Waals surface area contributed by atoms with Crippen LogP contribution in [-0.2, 0) is 9.53 Å². The van der Waals surface area contributed by atoms with Crippen LogP contribution in [0.15, 0.2) is 12.4 Å². The predicted molar refractivity (Wildman–Crippen MR) is 54.3 cm³/mol. The molecule has 0 fully saturated rings. The summed E-state index contributed by atoms with van der Waals surface area (Å²) in [6, 6.07) is 0. The molecule has 1 heterocycles. The second kappa shape index (κ2) is 4.88. The van der Waals surface area contributed by atoms with E-state index in [9.17, 15) is 4.79 Å². The molecule has 0 aliphatic carbocycles. The highest BCUT2D eigenvalue weighted by molar-refractivity contribution is 5.70. The average molecular weight is 198 g/mol. The van der Waals surface area contributed by atoms with Crippen molar-refractivity contribution >= 4 is 5.97 Å². The molecule has 1 aliphatic heterocycles. The maximum atomic E-state index is 11.3. The maximum absolute atomic E-state index is 11.3. The Bertz CT molecular complexity index is 228. The molecule has 1 atom stereocenters. The van der Waals surface area contributed by atoms with Gasteiger partial charge in [0, 0.05) is 26.0 Å². The Morgan fingerprint density at radius 1 is 1.43 bits per heavy atom. The Kier molecular flexibility index (Phi) is 3.80. The Morgan fingerprint density at radius 3 is 2.71 bits per heavy atom. The van der Waals surface area contributed by atoms with E-state index in [1.165, 1.54) is 0 Å². The molecule has 1 aliphatic rings. The fraction of sp³-hybridized carbons (Fsp3) is 0.700. The van der Waals surface area contributed by atoms with Crippen LogP contribution < -0.4 is 0 Å². The van der Waals surface area contributed by atoms with Crippen LogP contribution in [0.2, 0.25) is 0 Å². The molecule has 0 amide bonds. The number of ether oxygens (including phenoxy) is 1. The number of esters is 1. The molecule has 0 bridgehead atoms. The summed E-state index contributed by atoms with van der Waals surface area (Å²) in [6.07, 6.45) is 4.53. The van der Waals surface area contributed by atoms with E-state index >= 15 is 0 Å². The fourth-order valence-electron chi connectivity index (χ4n) is 1.57. The van der Waals surface area contributed by atoms with Gasteiger partial charge in [-0.2, -0.15) is 0 Å². The second-order valence-electron chi connectivity index (χ2n) is 3.28. The molecule has 80 valence electrons. The van der Waals surface area contributed by atoms with Crippen molar-refractivity contribution in [1.82, 2.24) is 9.80 Å². The van der Waals surface area contributed by atoms with E-state index in [0.717, 1.165) is 6.54 Å². The van der Waals surface area contributed by atoms with Gasteiger partial charge in [-0.25, -0.2) is 0 Å². The zero-order valence-electron chi connectivity index (χ0n) is 9.06. The van der Waals surface area contributed by atoms with E-state index in [4.69, 9.17) is 4.74 Å². The summed E-state index contributed by atoms with van der Waals surface area (Å²) in [5, 5.41) is 0. The van der Waals surface area contributed by atoms with Crippen LogP contribution in [0.4, 0.5) is 0 Å². The minimum atomic E-state index is -0.133. The quantitative estimate of drug-likeness (QED) is 0.631. The molecule has 0 N–H and O–H groups in total. The summed E-state index contributed by atoms with van der Waals surface area (Å²) < 4.78 is 4.92. The minimum Gasteiger partial charge on any atom is -0.466 e. The zero-order valence-corrected chi connectivity index (χ0v) is 9.06. The molecule has 0 saturated carbocycles.